The van der Waals surface area contributed by atoms with Gasteiger partial charge in [0.15, 0.2) is 0 Å². The van der Waals surface area contributed by atoms with Gasteiger partial charge in [-0.05, 0) is 81.7 Å². The highest BCUT2D eigenvalue weighted by Gasteiger charge is 2.26. The maximum absolute atomic E-state index is 13.2. The van der Waals surface area contributed by atoms with Crippen molar-refractivity contribution in [2.45, 2.75) is 50.5 Å². The predicted octanol–water partition coefficient (Wildman–Crippen LogP) is 3.30. The lowest BCUT2D eigenvalue weighted by atomic mass is 10.0. The molecule has 202 valence electrons. The number of ether oxygens (including phenoxy) is 1. The SMILES string of the molecule is COc1cc(C)c(S(=O)(=O)N(C)CCC(=O)Cc2ccc(C(=O)N3CCC(N(C)C)CC3)cc2)c(C)c1. The summed E-state index contributed by atoms with van der Waals surface area (Å²) in [6.07, 6.45) is 2.23. The molecule has 1 aliphatic rings. The van der Waals surface area contributed by atoms with Crippen LogP contribution in [0.4, 0.5) is 0 Å². The number of benzene rings is 2. The normalized spacial score (nSPS) is 14.9. The number of likely N-dealkylation sites (tertiary alicyclic amines) is 1. The highest BCUT2D eigenvalue weighted by Crippen LogP contribution is 2.28. The van der Waals surface area contributed by atoms with Crippen LogP contribution in [0.2, 0.25) is 0 Å². The molecule has 1 aliphatic heterocycles. The number of sulfonamides is 1. The van der Waals surface area contributed by atoms with Crippen LogP contribution in [-0.4, -0.2) is 88.1 Å². The smallest absolute Gasteiger partial charge is 0.253 e. The second-order valence-corrected chi connectivity index (χ2v) is 12.0. The van der Waals surface area contributed by atoms with Gasteiger partial charge in [-0.3, -0.25) is 9.59 Å². The summed E-state index contributed by atoms with van der Waals surface area (Å²) in [7, 11) is 3.43. The predicted molar refractivity (Wildman–Crippen MR) is 145 cm³/mol. The number of nitrogens with zero attached hydrogens (tertiary/aromatic N) is 3. The van der Waals surface area contributed by atoms with Crippen LogP contribution >= 0.6 is 0 Å². The van der Waals surface area contributed by atoms with Gasteiger partial charge in [0.1, 0.15) is 11.5 Å². The molecule has 0 aliphatic carbocycles. The van der Waals surface area contributed by atoms with E-state index in [1.165, 1.54) is 11.4 Å². The fourth-order valence-corrected chi connectivity index (χ4v) is 6.42. The molecule has 8 nitrogen and oxygen atoms in total. The molecule has 1 fully saturated rings. The fourth-order valence-electron chi connectivity index (χ4n) is 4.84. The maximum atomic E-state index is 13.2. The molecule has 0 radical (unpaired) electrons. The van der Waals surface area contributed by atoms with E-state index >= 15 is 0 Å². The van der Waals surface area contributed by atoms with Gasteiger partial charge in [0, 0.05) is 51.1 Å². The van der Waals surface area contributed by atoms with Crippen LogP contribution in [0.5, 0.6) is 5.75 Å². The molecule has 2 aromatic carbocycles. The summed E-state index contributed by atoms with van der Waals surface area (Å²) in [5, 5.41) is 0. The van der Waals surface area contributed by atoms with E-state index < -0.39 is 10.0 Å². The van der Waals surface area contributed by atoms with Gasteiger partial charge >= 0.3 is 0 Å². The average Bonchev–Trinajstić information content (AvgIpc) is 2.86. The van der Waals surface area contributed by atoms with E-state index in [2.05, 4.69) is 19.0 Å². The summed E-state index contributed by atoms with van der Waals surface area (Å²) in [4.78, 5) is 29.8. The molecular formula is C28H39N3O5S. The Morgan fingerprint density at radius 1 is 1.00 bits per heavy atom. The molecule has 0 atom stereocenters. The van der Waals surface area contributed by atoms with Gasteiger partial charge in [0.2, 0.25) is 10.0 Å². The molecule has 0 bridgehead atoms. The van der Waals surface area contributed by atoms with E-state index in [1.54, 1.807) is 45.2 Å². The first-order valence-electron chi connectivity index (χ1n) is 12.6. The van der Waals surface area contributed by atoms with Crippen molar-refractivity contribution in [1.82, 2.24) is 14.1 Å². The minimum absolute atomic E-state index is 0.0195. The zero-order chi connectivity index (χ0) is 27.3. The number of carbonyl (C=O) groups is 2. The summed E-state index contributed by atoms with van der Waals surface area (Å²) in [5.74, 6) is 0.564. The van der Waals surface area contributed by atoms with Crippen LogP contribution in [-0.2, 0) is 21.2 Å². The lowest BCUT2D eigenvalue weighted by Gasteiger charge is -2.35. The fraction of sp³-hybridized carbons (Fsp3) is 0.500. The zero-order valence-electron chi connectivity index (χ0n) is 22.8. The molecule has 1 heterocycles. The van der Waals surface area contributed by atoms with E-state index in [1.807, 2.05) is 17.0 Å². The highest BCUT2D eigenvalue weighted by molar-refractivity contribution is 7.89. The van der Waals surface area contributed by atoms with Crippen LogP contribution in [0.25, 0.3) is 0 Å². The van der Waals surface area contributed by atoms with E-state index in [4.69, 9.17) is 4.74 Å². The Bertz CT molecular complexity index is 1190. The maximum Gasteiger partial charge on any atom is 0.253 e. The van der Waals surface area contributed by atoms with E-state index in [9.17, 15) is 18.0 Å². The molecule has 37 heavy (non-hydrogen) atoms. The molecule has 1 saturated heterocycles. The van der Waals surface area contributed by atoms with Gasteiger partial charge in [-0.15, -0.1) is 0 Å². The Morgan fingerprint density at radius 2 is 1.57 bits per heavy atom. The van der Waals surface area contributed by atoms with Crippen molar-refractivity contribution >= 4 is 21.7 Å². The van der Waals surface area contributed by atoms with E-state index in [0.29, 0.717) is 28.5 Å². The Hall–Kier alpha value is -2.75. The second-order valence-electron chi connectivity index (χ2n) is 10.1. The molecule has 1 amide bonds. The largest absolute Gasteiger partial charge is 0.497 e. The molecule has 2 aromatic rings. The first kappa shape index (κ1) is 28.8. The van der Waals surface area contributed by atoms with Gasteiger partial charge in [-0.1, -0.05) is 12.1 Å². The third kappa shape index (κ3) is 6.97. The number of aryl methyl sites for hydroxylation is 2. The average molecular weight is 530 g/mol. The van der Waals surface area contributed by atoms with E-state index in [0.717, 1.165) is 31.5 Å². The van der Waals surface area contributed by atoms with Crippen molar-refractivity contribution < 1.29 is 22.7 Å². The van der Waals surface area contributed by atoms with Gasteiger partial charge in [-0.25, -0.2) is 12.7 Å². The number of rotatable bonds is 10. The molecule has 0 saturated carbocycles. The van der Waals surface area contributed by atoms with Crippen LogP contribution < -0.4 is 4.74 Å². The number of methoxy groups -OCH3 is 1. The molecule has 3 rings (SSSR count). The summed E-state index contributed by atoms with van der Waals surface area (Å²) >= 11 is 0. The number of carbonyl (C=O) groups excluding carboxylic acids is 2. The lowest BCUT2D eigenvalue weighted by Crippen LogP contribution is -2.44. The Labute approximate surface area is 221 Å². The first-order chi connectivity index (χ1) is 17.4. The zero-order valence-corrected chi connectivity index (χ0v) is 23.6. The number of ketones is 1. The topological polar surface area (TPSA) is 87.2 Å². The van der Waals surface area contributed by atoms with Crippen LogP contribution in [0.3, 0.4) is 0 Å². The van der Waals surface area contributed by atoms with Crippen molar-refractivity contribution in [1.29, 1.82) is 0 Å². The summed E-state index contributed by atoms with van der Waals surface area (Å²) < 4.78 is 32.8. The van der Waals surface area contributed by atoms with Crippen LogP contribution in [0.15, 0.2) is 41.3 Å². The Kier molecular flexibility index (Phi) is 9.50. The third-order valence-corrected chi connectivity index (χ3v) is 9.29. The molecule has 9 heteroatoms. The van der Waals surface area contributed by atoms with Crippen molar-refractivity contribution in [3.05, 3.63) is 58.7 Å². The van der Waals surface area contributed by atoms with Gasteiger partial charge < -0.3 is 14.5 Å². The summed E-state index contributed by atoms with van der Waals surface area (Å²) in [6, 6.07) is 11.1. The lowest BCUT2D eigenvalue weighted by molar-refractivity contribution is -0.118. The monoisotopic (exact) mass is 529 g/mol. The molecule has 0 unspecified atom stereocenters. The summed E-state index contributed by atoms with van der Waals surface area (Å²) in [5.41, 5.74) is 2.63. The number of amides is 1. The summed E-state index contributed by atoms with van der Waals surface area (Å²) in [6.45, 7) is 5.05. The molecule has 0 spiro atoms. The number of Topliss-reactive ketones (excluding diaryl/α,β-unsaturated/α-hetero) is 1. The van der Waals surface area contributed by atoms with Crippen LogP contribution in [0.1, 0.15) is 46.3 Å². The van der Waals surface area contributed by atoms with Crippen molar-refractivity contribution in [3.63, 3.8) is 0 Å². The van der Waals surface area contributed by atoms with E-state index in [-0.39, 0.29) is 36.0 Å². The quantitative estimate of drug-likeness (QED) is 0.469. The van der Waals surface area contributed by atoms with Crippen molar-refractivity contribution in [2.75, 3.05) is 47.9 Å². The Balaban J connectivity index is 1.55. The standard InChI is InChI=1S/C28H39N3O5S/c1-20-17-26(36-6)18-21(2)27(20)37(34,35)30(5)14-13-25(32)19-22-7-9-23(10-8-22)28(33)31-15-11-24(12-16-31)29(3)4/h7-10,17-18,24H,11-16,19H2,1-6H3. The van der Waals surface area contributed by atoms with Crippen molar-refractivity contribution in [2.24, 2.45) is 0 Å². The van der Waals surface area contributed by atoms with Gasteiger partial charge in [-0.2, -0.15) is 0 Å². The van der Waals surface area contributed by atoms with Crippen molar-refractivity contribution in [3.8, 4) is 5.75 Å². The van der Waals surface area contributed by atoms with Crippen LogP contribution in [0, 0.1) is 13.8 Å². The Morgan fingerprint density at radius 3 is 2.08 bits per heavy atom. The third-order valence-electron chi connectivity index (χ3n) is 7.13. The molecule has 0 N–H and O–H groups in total. The number of hydrogen-bond acceptors (Lipinski definition) is 6. The van der Waals surface area contributed by atoms with Gasteiger partial charge in [0.05, 0.1) is 12.0 Å². The minimum atomic E-state index is -3.75. The minimum Gasteiger partial charge on any atom is -0.497 e. The van der Waals surface area contributed by atoms with Gasteiger partial charge in [0.25, 0.3) is 5.91 Å². The molecule has 0 aromatic heterocycles. The number of hydrogen-bond donors (Lipinski definition) is 0. The highest BCUT2D eigenvalue weighted by atomic mass is 32.2. The molecular weight excluding hydrogens is 490 g/mol. The second kappa shape index (κ2) is 12.2. The first-order valence-corrected chi connectivity index (χ1v) is 14.1. The number of piperidine rings is 1.